The van der Waals surface area contributed by atoms with Gasteiger partial charge in [0.1, 0.15) is 0 Å². The molecule has 2 aromatic rings. The van der Waals surface area contributed by atoms with Gasteiger partial charge in [0.15, 0.2) is 0 Å². The maximum Gasteiger partial charge on any atom is 0.234 e. The molecule has 1 aromatic heterocycles. The van der Waals surface area contributed by atoms with Crippen LogP contribution in [0.3, 0.4) is 0 Å². The van der Waals surface area contributed by atoms with Gasteiger partial charge in [-0.05, 0) is 18.2 Å². The predicted molar refractivity (Wildman–Crippen MR) is 89.4 cm³/mol. The van der Waals surface area contributed by atoms with E-state index in [4.69, 9.17) is 4.74 Å². The Kier molecular flexibility index (Phi) is 5.14. The smallest absolute Gasteiger partial charge is 0.234 e. The van der Waals surface area contributed by atoms with Gasteiger partial charge in [-0.3, -0.25) is 14.7 Å². The van der Waals surface area contributed by atoms with Gasteiger partial charge in [0.25, 0.3) is 0 Å². The maximum absolute atomic E-state index is 12.0. The van der Waals surface area contributed by atoms with E-state index in [1.54, 1.807) is 11.1 Å². The van der Waals surface area contributed by atoms with Crippen LogP contribution in [0.1, 0.15) is 0 Å². The van der Waals surface area contributed by atoms with Crippen LogP contribution >= 0.6 is 11.8 Å². The first-order valence-electron chi connectivity index (χ1n) is 7.38. The summed E-state index contributed by atoms with van der Waals surface area (Å²) < 4.78 is 5.21. The lowest BCUT2D eigenvalue weighted by atomic mass is 10.2. The van der Waals surface area contributed by atoms with E-state index in [0.29, 0.717) is 37.7 Å². The predicted octanol–water partition coefficient (Wildman–Crippen LogP) is 1.09. The molecule has 7 nitrogen and oxygen atoms in total. The van der Waals surface area contributed by atoms with Gasteiger partial charge in [-0.1, -0.05) is 0 Å². The lowest BCUT2D eigenvalue weighted by Gasteiger charge is -2.26. The van der Waals surface area contributed by atoms with E-state index in [1.807, 2.05) is 18.2 Å². The number of benzene rings is 1. The first-order chi connectivity index (χ1) is 11.2. The molecule has 0 saturated carbocycles. The van der Waals surface area contributed by atoms with Crippen molar-refractivity contribution >= 4 is 40.2 Å². The van der Waals surface area contributed by atoms with Crippen molar-refractivity contribution in [2.24, 2.45) is 0 Å². The molecule has 0 radical (unpaired) electrons. The lowest BCUT2D eigenvalue weighted by molar-refractivity contribution is -0.132. The molecule has 1 aliphatic heterocycles. The van der Waals surface area contributed by atoms with Crippen molar-refractivity contribution in [3.63, 3.8) is 0 Å². The van der Waals surface area contributed by atoms with Crippen molar-refractivity contribution in [2.75, 3.05) is 43.1 Å². The fourth-order valence-electron chi connectivity index (χ4n) is 2.35. The van der Waals surface area contributed by atoms with E-state index < -0.39 is 0 Å². The molecule has 0 bridgehead atoms. The number of thioether (sulfide) groups is 1. The summed E-state index contributed by atoms with van der Waals surface area (Å²) in [5.41, 5.74) is 1.59. The minimum Gasteiger partial charge on any atom is -0.378 e. The number of morpholine rings is 1. The number of aromatic amines is 1. The Morgan fingerprint density at radius 2 is 2.13 bits per heavy atom. The van der Waals surface area contributed by atoms with Crippen LogP contribution in [-0.4, -0.2) is 64.7 Å². The molecule has 0 atom stereocenters. The molecule has 122 valence electrons. The molecule has 2 heterocycles. The van der Waals surface area contributed by atoms with Crippen molar-refractivity contribution in [1.29, 1.82) is 0 Å². The normalized spacial score (nSPS) is 14.9. The average Bonchev–Trinajstić information content (AvgIpc) is 3.03. The van der Waals surface area contributed by atoms with Crippen LogP contribution in [0.4, 0.5) is 5.69 Å². The molecular weight excluding hydrogens is 316 g/mol. The number of fused-ring (bicyclic) bond motifs is 1. The number of aromatic nitrogens is 2. The molecule has 1 aromatic carbocycles. The summed E-state index contributed by atoms with van der Waals surface area (Å²) in [6.07, 6.45) is 1.73. The number of carbonyl (C=O) groups excluding carboxylic acids is 2. The monoisotopic (exact) mass is 334 g/mol. The van der Waals surface area contributed by atoms with Crippen molar-refractivity contribution in [1.82, 2.24) is 15.1 Å². The van der Waals surface area contributed by atoms with Crippen molar-refractivity contribution in [2.45, 2.75) is 0 Å². The second-order valence-electron chi connectivity index (χ2n) is 5.21. The van der Waals surface area contributed by atoms with Gasteiger partial charge in [-0.2, -0.15) is 5.10 Å². The molecule has 2 N–H and O–H groups in total. The van der Waals surface area contributed by atoms with Gasteiger partial charge < -0.3 is 15.0 Å². The van der Waals surface area contributed by atoms with Crippen LogP contribution < -0.4 is 5.32 Å². The third kappa shape index (κ3) is 4.23. The van der Waals surface area contributed by atoms with Crippen LogP contribution in [0.5, 0.6) is 0 Å². The fourth-order valence-corrected chi connectivity index (χ4v) is 3.06. The van der Waals surface area contributed by atoms with Gasteiger partial charge in [-0.25, -0.2) is 0 Å². The standard InChI is InChI=1S/C15H18N4O3S/c20-14(9-23-10-15(21)19-3-5-22-6-4-19)17-12-2-1-11-8-16-18-13(11)7-12/h1-2,7-8H,3-6,9-10H2,(H,16,18)(H,17,20). The van der Waals surface area contributed by atoms with E-state index >= 15 is 0 Å². The molecule has 0 spiro atoms. The average molecular weight is 334 g/mol. The molecular formula is C15H18N4O3S. The number of hydrogen-bond donors (Lipinski definition) is 2. The quantitative estimate of drug-likeness (QED) is 0.855. The zero-order valence-electron chi connectivity index (χ0n) is 12.6. The second kappa shape index (κ2) is 7.47. The van der Waals surface area contributed by atoms with Crippen molar-refractivity contribution in [3.05, 3.63) is 24.4 Å². The molecule has 2 amide bonds. The number of ether oxygens (including phenoxy) is 1. The van der Waals surface area contributed by atoms with Gasteiger partial charge >= 0.3 is 0 Å². The SMILES string of the molecule is O=C(CSCC(=O)N1CCOCC1)Nc1ccc2cn[nH]c2c1. The van der Waals surface area contributed by atoms with Crippen molar-refractivity contribution < 1.29 is 14.3 Å². The van der Waals surface area contributed by atoms with Gasteiger partial charge in [-0.15, -0.1) is 11.8 Å². The largest absolute Gasteiger partial charge is 0.378 e. The topological polar surface area (TPSA) is 87.3 Å². The van der Waals surface area contributed by atoms with Crippen LogP contribution in [0.2, 0.25) is 0 Å². The Bertz CT molecular complexity index is 697. The number of hydrogen-bond acceptors (Lipinski definition) is 5. The number of nitrogens with one attached hydrogen (secondary N) is 2. The number of carbonyl (C=O) groups is 2. The van der Waals surface area contributed by atoms with Gasteiger partial charge in [0.2, 0.25) is 11.8 Å². The minimum absolute atomic E-state index is 0.0602. The number of nitrogens with zero attached hydrogens (tertiary/aromatic N) is 2. The second-order valence-corrected chi connectivity index (χ2v) is 6.19. The molecule has 1 fully saturated rings. The Balaban J connectivity index is 1.43. The summed E-state index contributed by atoms with van der Waals surface area (Å²) in [5.74, 6) is 0.498. The summed E-state index contributed by atoms with van der Waals surface area (Å²) in [5, 5.41) is 10.6. The van der Waals surface area contributed by atoms with Crippen LogP contribution in [0.15, 0.2) is 24.4 Å². The van der Waals surface area contributed by atoms with E-state index in [0.717, 1.165) is 10.9 Å². The highest BCUT2D eigenvalue weighted by molar-refractivity contribution is 8.00. The maximum atomic E-state index is 12.0. The number of rotatable bonds is 5. The third-order valence-electron chi connectivity index (χ3n) is 3.55. The lowest BCUT2D eigenvalue weighted by Crippen LogP contribution is -2.41. The highest BCUT2D eigenvalue weighted by atomic mass is 32.2. The molecule has 1 saturated heterocycles. The first kappa shape index (κ1) is 15.8. The molecule has 8 heteroatoms. The molecule has 1 aliphatic rings. The summed E-state index contributed by atoms with van der Waals surface area (Å²) in [4.78, 5) is 25.7. The van der Waals surface area contributed by atoms with Gasteiger partial charge in [0.05, 0.1) is 36.4 Å². The molecule has 0 unspecified atom stereocenters. The van der Waals surface area contributed by atoms with Crippen LogP contribution in [0, 0.1) is 0 Å². The first-order valence-corrected chi connectivity index (χ1v) is 8.54. The molecule has 23 heavy (non-hydrogen) atoms. The van der Waals surface area contributed by atoms with E-state index in [2.05, 4.69) is 15.5 Å². The number of amides is 2. The van der Waals surface area contributed by atoms with Crippen LogP contribution in [0.25, 0.3) is 10.9 Å². The van der Waals surface area contributed by atoms with E-state index in [1.165, 1.54) is 11.8 Å². The van der Waals surface area contributed by atoms with Crippen LogP contribution in [-0.2, 0) is 14.3 Å². The molecule has 0 aliphatic carbocycles. The fraction of sp³-hybridized carbons (Fsp3) is 0.400. The highest BCUT2D eigenvalue weighted by Crippen LogP contribution is 2.17. The third-order valence-corrected chi connectivity index (χ3v) is 4.47. The zero-order valence-corrected chi connectivity index (χ0v) is 13.4. The zero-order chi connectivity index (χ0) is 16.1. The van der Waals surface area contributed by atoms with Crippen molar-refractivity contribution in [3.8, 4) is 0 Å². The summed E-state index contributed by atoms with van der Waals surface area (Å²) in [6, 6.07) is 5.56. The Hall–Kier alpha value is -2.06. The van der Waals surface area contributed by atoms with E-state index in [9.17, 15) is 9.59 Å². The molecule has 3 rings (SSSR count). The summed E-state index contributed by atoms with van der Waals surface area (Å²) in [7, 11) is 0. The Labute approximate surface area is 137 Å². The minimum atomic E-state index is -0.122. The van der Waals surface area contributed by atoms with Gasteiger partial charge in [0, 0.05) is 24.2 Å². The Morgan fingerprint density at radius 1 is 1.30 bits per heavy atom. The highest BCUT2D eigenvalue weighted by Gasteiger charge is 2.16. The number of H-pyrrole nitrogens is 1. The van der Waals surface area contributed by atoms with E-state index in [-0.39, 0.29) is 17.6 Å². The summed E-state index contributed by atoms with van der Waals surface area (Å²) >= 11 is 1.32. The summed E-state index contributed by atoms with van der Waals surface area (Å²) in [6.45, 7) is 2.45. The Morgan fingerprint density at radius 3 is 2.96 bits per heavy atom. The number of anilines is 1.